The van der Waals surface area contributed by atoms with Crippen LogP contribution in [0.4, 0.5) is 15.3 Å². The molecule has 0 aliphatic heterocycles. The van der Waals surface area contributed by atoms with Crippen LogP contribution in [-0.4, -0.2) is 17.0 Å². The Labute approximate surface area is 127 Å². The third kappa shape index (κ3) is 5.12. The number of anilines is 1. The normalized spacial score (nSPS) is 9.82. The molecule has 0 fully saturated rings. The molecule has 2 rings (SSSR count). The lowest BCUT2D eigenvalue weighted by atomic mass is 10.2. The van der Waals surface area contributed by atoms with E-state index < -0.39 is 6.03 Å². The molecule has 0 spiro atoms. The molecule has 1 aromatic heterocycles. The van der Waals surface area contributed by atoms with Crippen LogP contribution >= 0.6 is 0 Å². The Morgan fingerprint density at radius 2 is 1.45 bits per heavy atom. The van der Waals surface area contributed by atoms with Gasteiger partial charge in [-0.1, -0.05) is 12.1 Å². The first-order valence-electron chi connectivity index (χ1n) is 6.69. The highest BCUT2D eigenvalue weighted by Gasteiger charge is 2.01. The summed E-state index contributed by atoms with van der Waals surface area (Å²) in [6, 6.07) is 9.85. The Balaban J connectivity index is 1.75. The van der Waals surface area contributed by atoms with E-state index in [0.717, 1.165) is 11.1 Å². The van der Waals surface area contributed by atoms with Crippen LogP contribution in [0.5, 0.6) is 0 Å². The van der Waals surface area contributed by atoms with E-state index in [1.807, 2.05) is 12.1 Å². The molecule has 0 bridgehead atoms. The molecule has 0 saturated heterocycles. The van der Waals surface area contributed by atoms with E-state index in [1.165, 1.54) is 0 Å². The molecule has 2 aromatic rings. The highest BCUT2D eigenvalue weighted by atomic mass is 16.2. The van der Waals surface area contributed by atoms with Gasteiger partial charge in [-0.2, -0.15) is 0 Å². The summed E-state index contributed by atoms with van der Waals surface area (Å²) in [5.74, 6) is 0. The maximum absolute atomic E-state index is 11.7. The van der Waals surface area contributed by atoms with Gasteiger partial charge in [0, 0.05) is 31.2 Å². The topological polar surface area (TPSA) is 109 Å². The number of nitrogens with two attached hydrogens (primary N) is 1. The van der Waals surface area contributed by atoms with Crippen molar-refractivity contribution < 1.29 is 9.59 Å². The van der Waals surface area contributed by atoms with Crippen molar-refractivity contribution in [1.29, 1.82) is 0 Å². The molecular weight excluding hydrogens is 282 g/mol. The molecule has 7 nitrogen and oxygen atoms in total. The predicted octanol–water partition coefficient (Wildman–Crippen LogP) is 1.57. The first-order valence-corrected chi connectivity index (χ1v) is 6.69. The second kappa shape index (κ2) is 7.63. The molecule has 0 unspecified atom stereocenters. The van der Waals surface area contributed by atoms with Crippen molar-refractivity contribution in [2.24, 2.45) is 5.73 Å². The minimum Gasteiger partial charge on any atom is -0.351 e. The zero-order valence-electron chi connectivity index (χ0n) is 11.9. The fourth-order valence-electron chi connectivity index (χ4n) is 1.78. The molecule has 0 aliphatic carbocycles. The number of hydrogen-bond acceptors (Lipinski definition) is 3. The number of urea groups is 2. The molecule has 0 radical (unpaired) electrons. The number of hydrogen-bond donors (Lipinski definition) is 4. The van der Waals surface area contributed by atoms with Gasteiger partial charge in [0.25, 0.3) is 0 Å². The number of rotatable bonds is 5. The molecule has 4 amide bonds. The highest BCUT2D eigenvalue weighted by molar-refractivity contribution is 5.87. The van der Waals surface area contributed by atoms with Gasteiger partial charge >= 0.3 is 12.1 Å². The lowest BCUT2D eigenvalue weighted by Crippen LogP contribution is -2.34. The fraction of sp³-hybridized carbons (Fsp3) is 0.133. The van der Waals surface area contributed by atoms with E-state index in [1.54, 1.807) is 36.7 Å². The van der Waals surface area contributed by atoms with Crippen LogP contribution in [0.1, 0.15) is 11.1 Å². The molecule has 0 saturated carbocycles. The number of amides is 4. The van der Waals surface area contributed by atoms with Crippen LogP contribution in [0, 0.1) is 0 Å². The summed E-state index contributed by atoms with van der Waals surface area (Å²) < 4.78 is 0. The summed E-state index contributed by atoms with van der Waals surface area (Å²) in [5, 5.41) is 7.98. The number of primary amides is 1. The summed E-state index contributed by atoms with van der Waals surface area (Å²) >= 11 is 0. The smallest absolute Gasteiger partial charge is 0.316 e. The Bertz CT molecular complexity index is 628. The molecule has 1 aromatic carbocycles. The zero-order valence-corrected chi connectivity index (χ0v) is 11.9. The third-order valence-electron chi connectivity index (χ3n) is 2.88. The molecule has 0 aliphatic rings. The largest absolute Gasteiger partial charge is 0.351 e. The van der Waals surface area contributed by atoms with Crippen LogP contribution in [-0.2, 0) is 13.1 Å². The minimum atomic E-state index is -0.610. The van der Waals surface area contributed by atoms with Crippen LogP contribution < -0.4 is 21.7 Å². The van der Waals surface area contributed by atoms with Crippen LogP contribution in [0.25, 0.3) is 0 Å². The Hall–Kier alpha value is -3.09. The van der Waals surface area contributed by atoms with Gasteiger partial charge in [0.05, 0.1) is 0 Å². The molecule has 5 N–H and O–H groups in total. The number of nitrogens with zero attached hydrogens (tertiary/aromatic N) is 1. The quantitative estimate of drug-likeness (QED) is 0.672. The van der Waals surface area contributed by atoms with Gasteiger partial charge in [0.1, 0.15) is 0 Å². The fourth-order valence-corrected chi connectivity index (χ4v) is 1.78. The van der Waals surface area contributed by atoms with Crippen LogP contribution in [0.15, 0.2) is 48.8 Å². The number of nitrogens with one attached hydrogen (secondary N) is 3. The summed E-state index contributed by atoms with van der Waals surface area (Å²) in [7, 11) is 0. The first kappa shape index (κ1) is 15.3. The maximum Gasteiger partial charge on any atom is 0.316 e. The molecule has 114 valence electrons. The summed E-state index contributed by atoms with van der Waals surface area (Å²) in [6.07, 6.45) is 3.35. The molecule has 0 atom stereocenters. The van der Waals surface area contributed by atoms with Crippen LogP contribution in [0.3, 0.4) is 0 Å². The zero-order chi connectivity index (χ0) is 15.8. The number of aromatic nitrogens is 1. The van der Waals surface area contributed by atoms with Crippen molar-refractivity contribution >= 4 is 17.7 Å². The van der Waals surface area contributed by atoms with Crippen molar-refractivity contribution in [2.45, 2.75) is 13.1 Å². The Morgan fingerprint density at radius 1 is 0.909 bits per heavy atom. The van der Waals surface area contributed by atoms with E-state index in [2.05, 4.69) is 20.9 Å². The molecular formula is C15H17N5O2. The van der Waals surface area contributed by atoms with Crippen molar-refractivity contribution in [3.05, 3.63) is 59.9 Å². The minimum absolute atomic E-state index is 0.254. The summed E-state index contributed by atoms with van der Waals surface area (Å²) in [5.41, 5.74) is 7.52. The van der Waals surface area contributed by atoms with Gasteiger partial charge in [0.2, 0.25) is 0 Å². The second-order valence-electron chi connectivity index (χ2n) is 4.58. The standard InChI is InChI=1S/C15H17N5O2/c16-14(21)20-13-3-1-11(2-4-13)9-18-15(22)19-10-12-5-7-17-8-6-12/h1-8H,9-10H2,(H3,16,20,21)(H2,18,19,22). The number of pyridine rings is 1. The Kier molecular flexibility index (Phi) is 5.31. The number of carbonyl (C=O) groups is 2. The van der Waals surface area contributed by atoms with Gasteiger partial charge in [-0.15, -0.1) is 0 Å². The maximum atomic E-state index is 11.7. The van der Waals surface area contributed by atoms with Crippen molar-refractivity contribution in [3.8, 4) is 0 Å². The lowest BCUT2D eigenvalue weighted by Gasteiger charge is -2.08. The van der Waals surface area contributed by atoms with E-state index in [4.69, 9.17) is 5.73 Å². The average molecular weight is 299 g/mol. The van der Waals surface area contributed by atoms with Crippen molar-refractivity contribution in [1.82, 2.24) is 15.6 Å². The van der Waals surface area contributed by atoms with E-state index >= 15 is 0 Å². The van der Waals surface area contributed by atoms with Gasteiger partial charge in [0.15, 0.2) is 0 Å². The molecule has 7 heteroatoms. The van der Waals surface area contributed by atoms with E-state index in [-0.39, 0.29) is 6.03 Å². The number of benzene rings is 1. The predicted molar refractivity (Wildman–Crippen MR) is 83.0 cm³/mol. The lowest BCUT2D eigenvalue weighted by molar-refractivity contribution is 0.240. The van der Waals surface area contributed by atoms with Gasteiger partial charge in [-0.3, -0.25) is 4.98 Å². The monoisotopic (exact) mass is 299 g/mol. The summed E-state index contributed by atoms with van der Waals surface area (Å²) in [4.78, 5) is 26.3. The average Bonchev–Trinajstić information content (AvgIpc) is 2.53. The molecule has 22 heavy (non-hydrogen) atoms. The number of carbonyl (C=O) groups excluding carboxylic acids is 2. The van der Waals surface area contributed by atoms with Gasteiger partial charge in [-0.05, 0) is 35.4 Å². The van der Waals surface area contributed by atoms with Crippen molar-refractivity contribution in [2.75, 3.05) is 5.32 Å². The van der Waals surface area contributed by atoms with Crippen LogP contribution in [0.2, 0.25) is 0 Å². The van der Waals surface area contributed by atoms with E-state index in [9.17, 15) is 9.59 Å². The first-order chi connectivity index (χ1) is 10.6. The van der Waals surface area contributed by atoms with Gasteiger partial charge < -0.3 is 21.7 Å². The Morgan fingerprint density at radius 3 is 2.00 bits per heavy atom. The summed E-state index contributed by atoms with van der Waals surface area (Å²) in [6.45, 7) is 0.828. The second-order valence-corrected chi connectivity index (χ2v) is 4.58. The third-order valence-corrected chi connectivity index (χ3v) is 2.88. The van der Waals surface area contributed by atoms with Crippen molar-refractivity contribution in [3.63, 3.8) is 0 Å². The molecule has 1 heterocycles. The highest BCUT2D eigenvalue weighted by Crippen LogP contribution is 2.08. The SMILES string of the molecule is NC(=O)Nc1ccc(CNC(=O)NCc2ccncc2)cc1. The van der Waals surface area contributed by atoms with E-state index in [0.29, 0.717) is 18.8 Å². The van der Waals surface area contributed by atoms with Gasteiger partial charge in [-0.25, -0.2) is 9.59 Å².